The fraction of sp³-hybridized carbons (Fsp3) is 0.706. The molecule has 2 fully saturated rings. The first kappa shape index (κ1) is 17.0. The van der Waals surface area contributed by atoms with Crippen LogP contribution in [-0.2, 0) is 4.79 Å². The van der Waals surface area contributed by atoms with Crippen LogP contribution in [0.3, 0.4) is 0 Å². The average Bonchev–Trinajstić information content (AvgIpc) is 2.55. The number of rotatable bonds is 3. The maximum absolute atomic E-state index is 13.2. The first-order chi connectivity index (χ1) is 11.4. The molecular formula is C17H24F2N4O. The number of amides is 1. The highest BCUT2D eigenvalue weighted by Crippen LogP contribution is 2.29. The molecule has 3 heterocycles. The maximum atomic E-state index is 13.2. The van der Waals surface area contributed by atoms with Gasteiger partial charge in [-0.2, -0.15) is 0 Å². The standard InChI is InChI=1S/C17H24F2N4O/c1-13-20-7-2-15(21-13)22-8-3-14(4-9-22)12-16(24)23-10-5-17(18,19)6-11-23/h2,7,14H,3-6,8-12H2,1H3. The van der Waals surface area contributed by atoms with Gasteiger partial charge in [0.1, 0.15) is 11.6 Å². The zero-order chi connectivity index (χ0) is 17.2. The third kappa shape index (κ3) is 4.19. The number of aromatic nitrogens is 2. The molecule has 0 aliphatic carbocycles. The molecule has 0 spiro atoms. The largest absolute Gasteiger partial charge is 0.356 e. The van der Waals surface area contributed by atoms with E-state index in [1.165, 1.54) is 0 Å². The van der Waals surface area contributed by atoms with Crippen molar-refractivity contribution < 1.29 is 13.6 Å². The van der Waals surface area contributed by atoms with E-state index in [4.69, 9.17) is 0 Å². The van der Waals surface area contributed by atoms with Gasteiger partial charge in [0.15, 0.2) is 0 Å². The van der Waals surface area contributed by atoms with Crippen molar-refractivity contribution in [3.63, 3.8) is 0 Å². The predicted octanol–water partition coefficient (Wildman–Crippen LogP) is 2.65. The summed E-state index contributed by atoms with van der Waals surface area (Å²) in [5, 5.41) is 0. The third-order valence-corrected chi connectivity index (χ3v) is 5.01. The molecule has 1 aromatic heterocycles. The number of likely N-dealkylation sites (tertiary alicyclic amines) is 1. The minimum absolute atomic E-state index is 0.0295. The van der Waals surface area contributed by atoms with Gasteiger partial charge in [0.2, 0.25) is 5.91 Å². The van der Waals surface area contributed by atoms with Crippen LogP contribution < -0.4 is 4.90 Å². The molecule has 2 aliphatic rings. The summed E-state index contributed by atoms with van der Waals surface area (Å²) in [5.41, 5.74) is 0. The third-order valence-electron chi connectivity index (χ3n) is 5.01. The number of anilines is 1. The van der Waals surface area contributed by atoms with E-state index in [-0.39, 0.29) is 31.8 Å². The summed E-state index contributed by atoms with van der Waals surface area (Å²) in [7, 11) is 0. The summed E-state index contributed by atoms with van der Waals surface area (Å²) in [5.74, 6) is -0.546. The van der Waals surface area contributed by atoms with Gasteiger partial charge in [0.05, 0.1) is 0 Å². The van der Waals surface area contributed by atoms with Crippen LogP contribution in [-0.4, -0.2) is 52.9 Å². The summed E-state index contributed by atoms with van der Waals surface area (Å²) in [4.78, 5) is 24.7. The first-order valence-corrected chi connectivity index (χ1v) is 8.63. The minimum atomic E-state index is -2.60. The van der Waals surface area contributed by atoms with Crippen LogP contribution in [0.15, 0.2) is 12.3 Å². The van der Waals surface area contributed by atoms with Gasteiger partial charge < -0.3 is 9.80 Å². The molecule has 24 heavy (non-hydrogen) atoms. The van der Waals surface area contributed by atoms with Crippen molar-refractivity contribution in [2.24, 2.45) is 5.92 Å². The Bertz CT molecular complexity index is 578. The van der Waals surface area contributed by atoms with Crippen LogP contribution in [0, 0.1) is 12.8 Å². The Hall–Kier alpha value is -1.79. The molecule has 0 atom stereocenters. The molecule has 0 unspecified atom stereocenters. The lowest BCUT2D eigenvalue weighted by atomic mass is 9.92. The lowest BCUT2D eigenvalue weighted by molar-refractivity contribution is -0.138. The fourth-order valence-electron chi connectivity index (χ4n) is 3.45. The van der Waals surface area contributed by atoms with E-state index in [1.54, 1.807) is 11.1 Å². The highest BCUT2D eigenvalue weighted by molar-refractivity contribution is 5.76. The first-order valence-electron chi connectivity index (χ1n) is 8.63. The van der Waals surface area contributed by atoms with Gasteiger partial charge >= 0.3 is 0 Å². The van der Waals surface area contributed by atoms with Crippen molar-refractivity contribution >= 4 is 11.7 Å². The van der Waals surface area contributed by atoms with E-state index in [0.29, 0.717) is 12.3 Å². The SMILES string of the molecule is Cc1nccc(N2CCC(CC(=O)N3CCC(F)(F)CC3)CC2)n1. The van der Waals surface area contributed by atoms with Gasteiger partial charge in [0.25, 0.3) is 5.92 Å². The summed E-state index contributed by atoms with van der Waals surface area (Å²) < 4.78 is 26.4. The summed E-state index contributed by atoms with van der Waals surface area (Å²) in [6, 6.07) is 1.91. The Balaban J connectivity index is 1.46. The molecule has 0 aromatic carbocycles. The highest BCUT2D eigenvalue weighted by Gasteiger charge is 2.36. The van der Waals surface area contributed by atoms with Gasteiger partial charge in [-0.3, -0.25) is 4.79 Å². The molecule has 2 aliphatic heterocycles. The lowest BCUT2D eigenvalue weighted by Gasteiger charge is -2.35. The van der Waals surface area contributed by atoms with Gasteiger partial charge in [-0.1, -0.05) is 0 Å². The van der Waals surface area contributed by atoms with Crippen LogP contribution in [0.2, 0.25) is 0 Å². The molecule has 0 saturated carbocycles. The van der Waals surface area contributed by atoms with Crippen molar-refractivity contribution in [1.82, 2.24) is 14.9 Å². The molecule has 7 heteroatoms. The fourth-order valence-corrected chi connectivity index (χ4v) is 3.45. The number of carbonyl (C=O) groups is 1. The quantitative estimate of drug-likeness (QED) is 0.850. The molecule has 3 rings (SSSR count). The van der Waals surface area contributed by atoms with Crippen LogP contribution >= 0.6 is 0 Å². The lowest BCUT2D eigenvalue weighted by Crippen LogP contribution is -2.44. The zero-order valence-electron chi connectivity index (χ0n) is 14.0. The van der Waals surface area contributed by atoms with E-state index < -0.39 is 5.92 Å². The Morgan fingerprint density at radius 2 is 1.92 bits per heavy atom. The Morgan fingerprint density at radius 1 is 1.25 bits per heavy atom. The minimum Gasteiger partial charge on any atom is -0.356 e. The van der Waals surface area contributed by atoms with E-state index in [0.717, 1.165) is 37.6 Å². The number of hydrogen-bond donors (Lipinski definition) is 0. The Kier molecular flexibility index (Phi) is 4.96. The number of piperidine rings is 2. The normalized spacial score (nSPS) is 21.8. The zero-order valence-corrected chi connectivity index (χ0v) is 14.0. The summed E-state index contributed by atoms with van der Waals surface area (Å²) in [6.45, 7) is 3.98. The van der Waals surface area contributed by atoms with E-state index in [9.17, 15) is 13.6 Å². The number of hydrogen-bond acceptors (Lipinski definition) is 4. The molecule has 0 radical (unpaired) electrons. The molecule has 1 amide bonds. The second-order valence-corrected chi connectivity index (χ2v) is 6.83. The van der Waals surface area contributed by atoms with Crippen LogP contribution in [0.25, 0.3) is 0 Å². The van der Waals surface area contributed by atoms with Crippen LogP contribution in [0.5, 0.6) is 0 Å². The summed E-state index contributed by atoms with van der Waals surface area (Å²) >= 11 is 0. The van der Waals surface area contributed by atoms with Crippen molar-refractivity contribution in [3.8, 4) is 0 Å². The topological polar surface area (TPSA) is 49.3 Å². The van der Waals surface area contributed by atoms with E-state index >= 15 is 0 Å². The molecule has 5 nitrogen and oxygen atoms in total. The van der Waals surface area contributed by atoms with Crippen molar-refractivity contribution in [1.29, 1.82) is 0 Å². The molecule has 2 saturated heterocycles. The monoisotopic (exact) mass is 338 g/mol. The highest BCUT2D eigenvalue weighted by atomic mass is 19.3. The average molecular weight is 338 g/mol. The number of alkyl halides is 2. The number of nitrogens with zero attached hydrogens (tertiary/aromatic N) is 4. The maximum Gasteiger partial charge on any atom is 0.251 e. The second kappa shape index (κ2) is 6.99. The molecule has 0 N–H and O–H groups in total. The number of carbonyl (C=O) groups excluding carboxylic acids is 1. The van der Waals surface area contributed by atoms with E-state index in [1.807, 2.05) is 13.0 Å². The number of halogens is 2. The molecule has 132 valence electrons. The van der Waals surface area contributed by atoms with Crippen molar-refractivity contribution in [3.05, 3.63) is 18.1 Å². The molecule has 1 aromatic rings. The molecular weight excluding hydrogens is 314 g/mol. The van der Waals surface area contributed by atoms with Gasteiger partial charge in [-0.25, -0.2) is 18.7 Å². The Morgan fingerprint density at radius 3 is 2.54 bits per heavy atom. The van der Waals surface area contributed by atoms with E-state index in [2.05, 4.69) is 14.9 Å². The summed E-state index contributed by atoms with van der Waals surface area (Å²) in [6.07, 6.45) is 3.69. The van der Waals surface area contributed by atoms with Crippen molar-refractivity contribution in [2.75, 3.05) is 31.1 Å². The molecule has 0 bridgehead atoms. The van der Waals surface area contributed by atoms with Crippen LogP contribution in [0.4, 0.5) is 14.6 Å². The second-order valence-electron chi connectivity index (χ2n) is 6.83. The van der Waals surface area contributed by atoms with Gasteiger partial charge in [-0.15, -0.1) is 0 Å². The Labute approximate surface area is 141 Å². The van der Waals surface area contributed by atoms with Crippen LogP contribution in [0.1, 0.15) is 37.9 Å². The van der Waals surface area contributed by atoms with Crippen molar-refractivity contribution in [2.45, 2.75) is 45.0 Å². The van der Waals surface area contributed by atoms with Gasteiger partial charge in [-0.05, 0) is 31.7 Å². The van der Waals surface area contributed by atoms with Gasteiger partial charge in [0, 0.05) is 51.6 Å². The smallest absolute Gasteiger partial charge is 0.251 e. The predicted molar refractivity (Wildman–Crippen MR) is 87.1 cm³/mol. The number of aryl methyl sites for hydroxylation is 1.